The van der Waals surface area contributed by atoms with Crippen LogP contribution in [0.25, 0.3) is 10.9 Å². The van der Waals surface area contributed by atoms with Crippen LogP contribution in [0.15, 0.2) is 48.5 Å². The Morgan fingerprint density at radius 1 is 0.840 bits per heavy atom. The van der Waals surface area contributed by atoms with E-state index in [2.05, 4.69) is 15.3 Å². The Morgan fingerprint density at radius 3 is 2.08 bits per heavy atom. The maximum Gasteiger partial charge on any atom is 0.416 e. The summed E-state index contributed by atoms with van der Waals surface area (Å²) in [5.41, 5.74) is 0.202. The second-order valence-corrected chi connectivity index (χ2v) is 7.39. The molecule has 0 aliphatic rings. The van der Waals surface area contributed by atoms with Crippen LogP contribution >= 0.6 is 34.8 Å². The van der Waals surface area contributed by atoms with Crippen molar-refractivity contribution in [3.8, 4) is 0 Å². The Hall–Kier alpha value is -1.76. The largest absolute Gasteiger partial charge is 0.416 e. The topological polar surface area (TPSA) is 37.8 Å². The number of anilines is 2. The molecule has 0 aliphatic carbocycles. The van der Waals surface area contributed by atoms with Gasteiger partial charge in [-0.25, -0.2) is 9.97 Å². The minimum atomic E-state index is -4.40. The van der Waals surface area contributed by atoms with Crippen LogP contribution in [0.3, 0.4) is 0 Å². The van der Waals surface area contributed by atoms with E-state index in [1.54, 1.807) is 24.3 Å². The lowest BCUT2D eigenvalue weighted by molar-refractivity contribution is -0.137. The van der Waals surface area contributed by atoms with Crippen molar-refractivity contribution in [1.29, 1.82) is 0 Å². The van der Waals surface area contributed by atoms with Gasteiger partial charge in [-0.2, -0.15) is 13.2 Å². The SMILES string of the molecule is FC(F)(F)c1ccc(Nc2nc(C(Cl)(Cl)Cl)nc3ccccc23)cc1. The minimum Gasteiger partial charge on any atom is -0.340 e. The monoisotopic (exact) mass is 405 g/mol. The second kappa shape index (κ2) is 6.52. The molecule has 1 heterocycles. The van der Waals surface area contributed by atoms with E-state index in [1.165, 1.54) is 12.1 Å². The fraction of sp³-hybridized carbons (Fsp3) is 0.125. The Morgan fingerprint density at radius 2 is 1.48 bits per heavy atom. The summed E-state index contributed by atoms with van der Waals surface area (Å²) in [6, 6.07) is 11.6. The predicted molar refractivity (Wildman–Crippen MR) is 93.5 cm³/mol. The number of hydrogen-bond acceptors (Lipinski definition) is 3. The first-order valence-corrected chi connectivity index (χ1v) is 8.06. The number of alkyl halides is 6. The molecule has 0 atom stereocenters. The van der Waals surface area contributed by atoms with Crippen molar-refractivity contribution in [3.63, 3.8) is 0 Å². The molecule has 1 N–H and O–H groups in total. The van der Waals surface area contributed by atoms with Gasteiger partial charge in [0, 0.05) is 11.1 Å². The van der Waals surface area contributed by atoms with Crippen molar-refractivity contribution in [2.75, 3.05) is 5.32 Å². The smallest absolute Gasteiger partial charge is 0.340 e. The maximum atomic E-state index is 12.7. The molecule has 0 unspecified atom stereocenters. The highest BCUT2D eigenvalue weighted by molar-refractivity contribution is 6.66. The van der Waals surface area contributed by atoms with E-state index >= 15 is 0 Å². The summed E-state index contributed by atoms with van der Waals surface area (Å²) >= 11 is 17.6. The standard InChI is InChI=1S/C16H9Cl3F3N3/c17-15(18,19)14-24-12-4-2-1-3-11(12)13(25-14)23-10-7-5-9(6-8-10)16(20,21)22/h1-8H,(H,23,24,25). The normalized spacial score (nSPS) is 12.4. The van der Waals surface area contributed by atoms with Crippen LogP contribution in [0.2, 0.25) is 0 Å². The molecule has 3 nitrogen and oxygen atoms in total. The Bertz CT molecular complexity index is 906. The number of aromatic nitrogens is 2. The summed E-state index contributed by atoms with van der Waals surface area (Å²) in [6.07, 6.45) is -4.40. The second-order valence-electron chi connectivity index (χ2n) is 5.11. The van der Waals surface area contributed by atoms with Gasteiger partial charge in [-0.1, -0.05) is 46.9 Å². The lowest BCUT2D eigenvalue weighted by Gasteiger charge is -2.15. The third-order valence-corrected chi connectivity index (χ3v) is 3.84. The molecule has 2 aromatic carbocycles. The molecular weight excluding hydrogens is 398 g/mol. The molecule has 0 bridgehead atoms. The van der Waals surface area contributed by atoms with Crippen molar-refractivity contribution in [1.82, 2.24) is 9.97 Å². The van der Waals surface area contributed by atoms with Gasteiger partial charge in [-0.05, 0) is 36.4 Å². The summed E-state index contributed by atoms with van der Waals surface area (Å²) < 4.78 is 36.1. The Labute approximate surface area is 155 Å². The number of benzene rings is 2. The molecular formula is C16H9Cl3F3N3. The van der Waals surface area contributed by atoms with Crippen molar-refractivity contribution < 1.29 is 13.2 Å². The van der Waals surface area contributed by atoms with Gasteiger partial charge in [-0.15, -0.1) is 0 Å². The average molecular weight is 407 g/mol. The van der Waals surface area contributed by atoms with Crippen LogP contribution in [0.1, 0.15) is 11.4 Å². The zero-order valence-electron chi connectivity index (χ0n) is 12.3. The average Bonchev–Trinajstić information content (AvgIpc) is 2.53. The maximum absolute atomic E-state index is 12.7. The van der Waals surface area contributed by atoms with Gasteiger partial charge in [0.15, 0.2) is 5.82 Å². The van der Waals surface area contributed by atoms with E-state index in [1.807, 2.05) is 0 Å². The van der Waals surface area contributed by atoms with E-state index in [9.17, 15) is 13.2 Å². The fourth-order valence-electron chi connectivity index (χ4n) is 2.18. The number of nitrogens with zero attached hydrogens (tertiary/aromatic N) is 2. The van der Waals surface area contributed by atoms with Gasteiger partial charge >= 0.3 is 6.18 Å². The molecule has 0 amide bonds. The molecule has 0 saturated carbocycles. The Balaban J connectivity index is 2.03. The van der Waals surface area contributed by atoms with Crippen LogP contribution in [-0.4, -0.2) is 9.97 Å². The van der Waals surface area contributed by atoms with Gasteiger partial charge in [0.2, 0.25) is 3.79 Å². The van der Waals surface area contributed by atoms with Crippen LogP contribution in [-0.2, 0) is 9.97 Å². The number of hydrogen-bond donors (Lipinski definition) is 1. The molecule has 130 valence electrons. The summed E-state index contributed by atoms with van der Waals surface area (Å²) in [6.45, 7) is 0. The molecule has 0 aliphatic heterocycles. The fourth-order valence-corrected chi connectivity index (χ4v) is 2.43. The van der Waals surface area contributed by atoms with Crippen LogP contribution < -0.4 is 5.32 Å². The first kappa shape index (κ1) is 18.0. The minimum absolute atomic E-state index is 0.0365. The van der Waals surface area contributed by atoms with E-state index in [0.717, 1.165) is 12.1 Å². The molecule has 0 saturated heterocycles. The molecule has 9 heteroatoms. The highest BCUT2D eigenvalue weighted by atomic mass is 35.6. The molecule has 0 fully saturated rings. The highest BCUT2D eigenvalue weighted by Crippen LogP contribution is 2.38. The molecule has 25 heavy (non-hydrogen) atoms. The van der Waals surface area contributed by atoms with Crippen molar-refractivity contribution in [2.45, 2.75) is 9.97 Å². The number of rotatable bonds is 2. The van der Waals surface area contributed by atoms with Crippen LogP contribution in [0.4, 0.5) is 24.7 Å². The lowest BCUT2D eigenvalue weighted by Crippen LogP contribution is -2.10. The van der Waals surface area contributed by atoms with E-state index in [4.69, 9.17) is 34.8 Å². The molecule has 0 radical (unpaired) electrons. The summed E-state index contributed by atoms with van der Waals surface area (Å²) in [5.74, 6) is 0.289. The third kappa shape index (κ3) is 4.08. The van der Waals surface area contributed by atoms with Crippen LogP contribution in [0, 0.1) is 0 Å². The van der Waals surface area contributed by atoms with Crippen molar-refractivity contribution in [3.05, 3.63) is 59.9 Å². The van der Waals surface area contributed by atoms with Crippen molar-refractivity contribution >= 4 is 57.2 Å². The van der Waals surface area contributed by atoms with Gasteiger partial charge in [0.05, 0.1) is 11.1 Å². The van der Waals surface area contributed by atoms with Crippen LogP contribution in [0.5, 0.6) is 0 Å². The third-order valence-electron chi connectivity index (χ3n) is 3.33. The van der Waals surface area contributed by atoms with Crippen molar-refractivity contribution in [2.24, 2.45) is 0 Å². The molecule has 3 rings (SSSR count). The van der Waals surface area contributed by atoms with Gasteiger partial charge in [0.25, 0.3) is 0 Å². The number of halogens is 6. The molecule has 3 aromatic rings. The highest BCUT2D eigenvalue weighted by Gasteiger charge is 2.30. The van der Waals surface area contributed by atoms with Gasteiger partial charge in [0.1, 0.15) is 5.82 Å². The first-order valence-electron chi connectivity index (χ1n) is 6.93. The van der Waals surface area contributed by atoms with Gasteiger partial charge < -0.3 is 5.32 Å². The lowest BCUT2D eigenvalue weighted by atomic mass is 10.2. The van der Waals surface area contributed by atoms with E-state index in [-0.39, 0.29) is 5.82 Å². The quantitative estimate of drug-likeness (QED) is 0.513. The number of nitrogens with one attached hydrogen (secondary N) is 1. The first-order chi connectivity index (χ1) is 11.6. The van der Waals surface area contributed by atoms with E-state index in [0.29, 0.717) is 22.4 Å². The van der Waals surface area contributed by atoms with Gasteiger partial charge in [-0.3, -0.25) is 0 Å². The summed E-state index contributed by atoms with van der Waals surface area (Å²) in [7, 11) is 0. The number of fused-ring (bicyclic) bond motifs is 1. The zero-order chi connectivity index (χ0) is 18.2. The summed E-state index contributed by atoms with van der Waals surface area (Å²) in [5, 5.41) is 3.58. The Kier molecular flexibility index (Phi) is 4.70. The van der Waals surface area contributed by atoms with E-state index < -0.39 is 15.5 Å². The molecule has 1 aromatic heterocycles. The predicted octanol–water partition coefficient (Wildman–Crippen LogP) is 6.22. The number of para-hydroxylation sites is 1. The molecule has 0 spiro atoms. The zero-order valence-corrected chi connectivity index (χ0v) is 14.5. The summed E-state index contributed by atoms with van der Waals surface area (Å²) in [4.78, 5) is 8.40.